The number of rotatable bonds is 6. The highest BCUT2D eigenvalue weighted by atomic mass is 32.2. The van der Waals surface area contributed by atoms with Crippen LogP contribution in [0.1, 0.15) is 4.88 Å². The minimum absolute atomic E-state index is 0.0113. The maximum atomic E-state index is 11.9. The first-order valence-corrected chi connectivity index (χ1v) is 9.90. The zero-order valence-electron chi connectivity index (χ0n) is 12.9. The average Bonchev–Trinajstić information content (AvgIpc) is 3.00. The lowest BCUT2D eigenvalue weighted by Gasteiger charge is -2.25. The van der Waals surface area contributed by atoms with Crippen LogP contribution in [-0.2, 0) is 30.7 Å². The van der Waals surface area contributed by atoms with Crippen LogP contribution < -0.4 is 0 Å². The van der Waals surface area contributed by atoms with E-state index in [2.05, 4.69) is 0 Å². The van der Waals surface area contributed by atoms with Crippen LogP contribution in [-0.4, -0.2) is 74.9 Å². The molecule has 1 aliphatic rings. The highest BCUT2D eigenvalue weighted by Crippen LogP contribution is 2.11. The molecule has 1 aromatic rings. The van der Waals surface area contributed by atoms with Crippen molar-refractivity contribution in [3.05, 3.63) is 22.4 Å². The number of hydrogen-bond acceptors (Lipinski definition) is 7. The Labute approximate surface area is 139 Å². The molecule has 2 rings (SSSR count). The summed E-state index contributed by atoms with van der Waals surface area (Å²) in [6.07, 6.45) is 0. The first-order valence-electron chi connectivity index (χ1n) is 7.20. The van der Waals surface area contributed by atoms with Gasteiger partial charge in [-0.05, 0) is 11.4 Å². The number of carbonyl (C=O) groups excluding carboxylic acids is 2. The quantitative estimate of drug-likeness (QED) is 0.663. The van der Waals surface area contributed by atoms with Crippen LogP contribution in [0.25, 0.3) is 0 Å². The van der Waals surface area contributed by atoms with E-state index in [1.54, 1.807) is 23.3 Å². The summed E-state index contributed by atoms with van der Waals surface area (Å²) < 4.78 is 27.6. The van der Waals surface area contributed by atoms with Gasteiger partial charge in [0, 0.05) is 25.0 Å². The minimum atomic E-state index is -2.97. The molecule has 0 radical (unpaired) electrons. The Hall–Kier alpha value is -1.45. The standard InChI is InChI=1S/C14H20N2O5S2/c1-15(9-12-3-2-6-22-12)13(17)11-21-14(18)10-16-4-7-23(19,20)8-5-16/h2-3,6H,4-5,7-11H2,1H3. The fraction of sp³-hybridized carbons (Fsp3) is 0.571. The van der Waals surface area contributed by atoms with Gasteiger partial charge in [0.15, 0.2) is 16.4 Å². The van der Waals surface area contributed by atoms with Gasteiger partial charge in [-0.25, -0.2) is 8.42 Å². The summed E-state index contributed by atoms with van der Waals surface area (Å²) in [6.45, 7) is 0.843. The highest BCUT2D eigenvalue weighted by molar-refractivity contribution is 7.91. The zero-order chi connectivity index (χ0) is 16.9. The number of hydrogen-bond donors (Lipinski definition) is 0. The lowest BCUT2D eigenvalue weighted by Crippen LogP contribution is -2.43. The molecule has 1 saturated heterocycles. The van der Waals surface area contributed by atoms with E-state index < -0.39 is 15.8 Å². The van der Waals surface area contributed by atoms with Gasteiger partial charge in [0.1, 0.15) is 0 Å². The second-order valence-electron chi connectivity index (χ2n) is 5.42. The van der Waals surface area contributed by atoms with Gasteiger partial charge in [-0.15, -0.1) is 11.3 Å². The van der Waals surface area contributed by atoms with E-state index in [9.17, 15) is 18.0 Å². The van der Waals surface area contributed by atoms with Gasteiger partial charge in [-0.3, -0.25) is 14.5 Å². The molecule has 9 heteroatoms. The zero-order valence-corrected chi connectivity index (χ0v) is 14.6. The van der Waals surface area contributed by atoms with Crippen LogP contribution in [0, 0.1) is 0 Å². The maximum absolute atomic E-state index is 11.9. The van der Waals surface area contributed by atoms with Crippen molar-refractivity contribution in [1.29, 1.82) is 0 Å². The van der Waals surface area contributed by atoms with Crippen LogP contribution in [0.4, 0.5) is 0 Å². The summed E-state index contributed by atoms with van der Waals surface area (Å²) >= 11 is 1.56. The van der Waals surface area contributed by atoms with Gasteiger partial charge < -0.3 is 9.64 Å². The normalized spacial score (nSPS) is 17.6. The Kier molecular flexibility index (Phi) is 6.14. The lowest BCUT2D eigenvalue weighted by molar-refractivity contribution is -0.152. The fourth-order valence-electron chi connectivity index (χ4n) is 2.11. The molecule has 1 aliphatic heterocycles. The van der Waals surface area contributed by atoms with Crippen molar-refractivity contribution in [3.8, 4) is 0 Å². The van der Waals surface area contributed by atoms with Gasteiger partial charge in [0.25, 0.3) is 5.91 Å². The molecule has 0 unspecified atom stereocenters. The Bertz CT molecular complexity index is 628. The molecular weight excluding hydrogens is 340 g/mol. The van der Waals surface area contributed by atoms with E-state index in [0.717, 1.165) is 4.88 Å². The molecule has 0 spiro atoms. The average molecular weight is 360 g/mol. The predicted molar refractivity (Wildman–Crippen MR) is 86.8 cm³/mol. The number of esters is 1. The highest BCUT2D eigenvalue weighted by Gasteiger charge is 2.23. The van der Waals surface area contributed by atoms with Crippen molar-refractivity contribution in [3.63, 3.8) is 0 Å². The fourth-order valence-corrected chi connectivity index (χ4v) is 4.15. The Morgan fingerprint density at radius 2 is 2.04 bits per heavy atom. The van der Waals surface area contributed by atoms with Gasteiger partial charge in [0.05, 0.1) is 24.6 Å². The van der Waals surface area contributed by atoms with Crippen LogP contribution in [0.5, 0.6) is 0 Å². The van der Waals surface area contributed by atoms with Crippen LogP contribution in [0.3, 0.4) is 0 Å². The number of thiophene rings is 1. The van der Waals surface area contributed by atoms with Crippen molar-refractivity contribution in [1.82, 2.24) is 9.80 Å². The SMILES string of the molecule is CN(Cc1cccs1)C(=O)COC(=O)CN1CCS(=O)(=O)CC1. The van der Waals surface area contributed by atoms with Crippen molar-refractivity contribution < 1.29 is 22.7 Å². The third kappa shape index (κ3) is 5.92. The van der Waals surface area contributed by atoms with E-state index in [0.29, 0.717) is 19.6 Å². The largest absolute Gasteiger partial charge is 0.455 e. The van der Waals surface area contributed by atoms with E-state index in [-0.39, 0.29) is 30.6 Å². The predicted octanol–water partition coefficient (Wildman–Crippen LogP) is -0.0199. The van der Waals surface area contributed by atoms with E-state index in [4.69, 9.17) is 4.74 Å². The van der Waals surface area contributed by atoms with Crippen LogP contribution in [0.2, 0.25) is 0 Å². The molecule has 0 saturated carbocycles. The molecule has 0 N–H and O–H groups in total. The smallest absolute Gasteiger partial charge is 0.320 e. The molecule has 1 amide bonds. The third-order valence-electron chi connectivity index (χ3n) is 3.55. The van der Waals surface area contributed by atoms with Crippen LogP contribution in [0.15, 0.2) is 17.5 Å². The third-order valence-corrected chi connectivity index (χ3v) is 6.02. The number of ether oxygens (including phenoxy) is 1. The van der Waals surface area contributed by atoms with E-state index in [1.165, 1.54) is 4.90 Å². The van der Waals surface area contributed by atoms with E-state index in [1.807, 2.05) is 17.5 Å². The molecule has 7 nitrogen and oxygen atoms in total. The van der Waals surface area contributed by atoms with Crippen molar-refractivity contribution >= 4 is 33.1 Å². The van der Waals surface area contributed by atoms with Gasteiger partial charge in [-0.2, -0.15) is 0 Å². The van der Waals surface area contributed by atoms with E-state index >= 15 is 0 Å². The summed E-state index contributed by atoms with van der Waals surface area (Å²) in [7, 11) is -1.31. The summed E-state index contributed by atoms with van der Waals surface area (Å²) in [6, 6.07) is 3.85. The topological polar surface area (TPSA) is 84.0 Å². The molecule has 23 heavy (non-hydrogen) atoms. The first-order chi connectivity index (χ1) is 10.9. The summed E-state index contributed by atoms with van der Waals surface area (Å²) in [5.74, 6) is -0.666. The number of nitrogens with zero attached hydrogens (tertiary/aromatic N) is 2. The molecule has 2 heterocycles. The van der Waals surface area contributed by atoms with Gasteiger partial charge in [0.2, 0.25) is 0 Å². The first kappa shape index (κ1) is 17.9. The lowest BCUT2D eigenvalue weighted by atomic mass is 10.4. The molecule has 1 aromatic heterocycles. The molecule has 128 valence electrons. The second kappa shape index (κ2) is 7.89. The Morgan fingerprint density at radius 3 is 2.65 bits per heavy atom. The molecule has 0 aromatic carbocycles. The van der Waals surface area contributed by atoms with Gasteiger partial charge in [-0.1, -0.05) is 6.07 Å². The number of sulfone groups is 1. The summed E-state index contributed by atoms with van der Waals surface area (Å²) in [5.41, 5.74) is 0. The molecule has 0 atom stereocenters. The Morgan fingerprint density at radius 1 is 1.35 bits per heavy atom. The van der Waals surface area contributed by atoms with Crippen LogP contribution >= 0.6 is 11.3 Å². The molecule has 0 bridgehead atoms. The second-order valence-corrected chi connectivity index (χ2v) is 8.75. The Balaban J connectivity index is 1.68. The molecule has 0 aliphatic carbocycles. The van der Waals surface area contributed by atoms with Crippen molar-refractivity contribution in [2.45, 2.75) is 6.54 Å². The molecular formula is C14H20N2O5S2. The summed E-state index contributed by atoms with van der Waals surface area (Å²) in [5, 5.41) is 1.94. The summed E-state index contributed by atoms with van der Waals surface area (Å²) in [4.78, 5) is 27.9. The molecule has 1 fully saturated rings. The maximum Gasteiger partial charge on any atom is 0.320 e. The minimum Gasteiger partial charge on any atom is -0.455 e. The number of likely N-dealkylation sites (N-methyl/N-ethyl adjacent to an activating group) is 1. The number of amides is 1. The van der Waals surface area contributed by atoms with Crippen molar-refractivity contribution in [2.24, 2.45) is 0 Å². The number of carbonyl (C=O) groups is 2. The van der Waals surface area contributed by atoms with Crippen molar-refractivity contribution in [2.75, 3.05) is 44.8 Å². The monoisotopic (exact) mass is 360 g/mol. The van der Waals surface area contributed by atoms with Gasteiger partial charge >= 0.3 is 5.97 Å².